The number of nitrogen functional groups attached to an aromatic ring is 1. The lowest BCUT2D eigenvalue weighted by atomic mass is 10.1. The summed E-state index contributed by atoms with van der Waals surface area (Å²) in [6, 6.07) is 5.84. The molecular weight excluding hydrogens is 256 g/mol. The lowest BCUT2D eigenvalue weighted by Gasteiger charge is -2.08. The van der Waals surface area contributed by atoms with Crippen molar-refractivity contribution in [2.24, 2.45) is 5.84 Å². The van der Waals surface area contributed by atoms with Crippen LogP contribution in [0.15, 0.2) is 18.2 Å². The number of aromatic amines is 1. The van der Waals surface area contributed by atoms with Gasteiger partial charge in [-0.2, -0.15) is 5.10 Å². The number of ether oxygens (including phenoxy) is 1. The van der Waals surface area contributed by atoms with E-state index < -0.39 is 0 Å². The standard InChI is InChI=1S/C14H18N4O2/c1-8-4-5-11(6-9(8)2)20-7-12-13(14(19)16-15)10(3)17-18-12/h4-6H,7,15H2,1-3H3,(H,16,19)(H,17,18). The first-order chi connectivity index (χ1) is 9.52. The number of aromatic nitrogens is 2. The molecule has 0 spiro atoms. The summed E-state index contributed by atoms with van der Waals surface area (Å²) in [6.45, 7) is 6.03. The van der Waals surface area contributed by atoms with Crippen molar-refractivity contribution < 1.29 is 9.53 Å². The second-order valence-corrected chi connectivity index (χ2v) is 4.68. The molecule has 1 amide bonds. The molecule has 106 valence electrons. The Morgan fingerprint density at radius 3 is 2.75 bits per heavy atom. The molecule has 2 rings (SSSR count). The van der Waals surface area contributed by atoms with Crippen LogP contribution < -0.4 is 16.0 Å². The molecule has 1 aromatic heterocycles. The van der Waals surface area contributed by atoms with Gasteiger partial charge >= 0.3 is 0 Å². The van der Waals surface area contributed by atoms with Crippen LogP contribution in [-0.2, 0) is 6.61 Å². The van der Waals surface area contributed by atoms with Crippen molar-refractivity contribution in [1.29, 1.82) is 0 Å². The third-order valence-electron chi connectivity index (χ3n) is 3.23. The first kappa shape index (κ1) is 14.1. The minimum Gasteiger partial charge on any atom is -0.487 e. The van der Waals surface area contributed by atoms with E-state index in [2.05, 4.69) is 15.6 Å². The number of hydrogen-bond donors (Lipinski definition) is 3. The monoisotopic (exact) mass is 274 g/mol. The number of nitrogens with one attached hydrogen (secondary N) is 2. The van der Waals surface area contributed by atoms with Crippen molar-refractivity contribution in [3.8, 4) is 5.75 Å². The number of carbonyl (C=O) groups excluding carboxylic acids is 1. The lowest BCUT2D eigenvalue weighted by Crippen LogP contribution is -2.31. The third kappa shape index (κ3) is 2.80. The Labute approximate surface area is 117 Å². The molecule has 0 aliphatic carbocycles. The molecule has 6 heteroatoms. The van der Waals surface area contributed by atoms with Gasteiger partial charge in [-0.15, -0.1) is 0 Å². The summed E-state index contributed by atoms with van der Waals surface area (Å²) in [5.41, 5.74) is 6.08. The average Bonchev–Trinajstić information content (AvgIpc) is 2.80. The molecule has 0 aliphatic rings. The number of amides is 1. The van der Waals surface area contributed by atoms with Gasteiger partial charge in [0.1, 0.15) is 18.1 Å². The number of rotatable bonds is 4. The van der Waals surface area contributed by atoms with E-state index in [1.165, 1.54) is 5.56 Å². The predicted octanol–water partition coefficient (Wildman–Crippen LogP) is 1.52. The van der Waals surface area contributed by atoms with E-state index in [0.717, 1.165) is 11.3 Å². The van der Waals surface area contributed by atoms with E-state index in [0.29, 0.717) is 17.0 Å². The Bertz CT molecular complexity index is 634. The molecule has 0 unspecified atom stereocenters. The van der Waals surface area contributed by atoms with Gasteiger partial charge in [0.2, 0.25) is 0 Å². The number of hydrogen-bond acceptors (Lipinski definition) is 4. The molecule has 0 bridgehead atoms. The molecule has 0 aliphatic heterocycles. The lowest BCUT2D eigenvalue weighted by molar-refractivity contribution is 0.0950. The Morgan fingerprint density at radius 1 is 1.35 bits per heavy atom. The summed E-state index contributed by atoms with van der Waals surface area (Å²) in [4.78, 5) is 11.7. The Morgan fingerprint density at radius 2 is 2.10 bits per heavy atom. The van der Waals surface area contributed by atoms with Crippen LogP contribution in [0.4, 0.5) is 0 Å². The van der Waals surface area contributed by atoms with E-state index >= 15 is 0 Å². The Hall–Kier alpha value is -2.34. The normalized spacial score (nSPS) is 10.4. The van der Waals surface area contributed by atoms with Gasteiger partial charge in [-0.3, -0.25) is 15.3 Å². The van der Waals surface area contributed by atoms with Crippen LogP contribution in [0.1, 0.15) is 32.9 Å². The third-order valence-corrected chi connectivity index (χ3v) is 3.23. The van der Waals surface area contributed by atoms with Gasteiger partial charge in [0.25, 0.3) is 5.91 Å². The van der Waals surface area contributed by atoms with Gasteiger partial charge in [0, 0.05) is 5.69 Å². The summed E-state index contributed by atoms with van der Waals surface area (Å²) >= 11 is 0. The molecular formula is C14H18N4O2. The van der Waals surface area contributed by atoms with Gasteiger partial charge in [0.15, 0.2) is 0 Å². The first-order valence-corrected chi connectivity index (χ1v) is 6.27. The molecule has 20 heavy (non-hydrogen) atoms. The maximum atomic E-state index is 11.7. The van der Waals surface area contributed by atoms with Crippen molar-refractivity contribution in [2.75, 3.05) is 0 Å². The molecule has 1 heterocycles. The van der Waals surface area contributed by atoms with Crippen LogP contribution in [-0.4, -0.2) is 16.1 Å². The Kier molecular flexibility index (Phi) is 4.05. The van der Waals surface area contributed by atoms with Crippen molar-refractivity contribution in [3.63, 3.8) is 0 Å². The summed E-state index contributed by atoms with van der Waals surface area (Å²) in [5, 5.41) is 6.84. The van der Waals surface area contributed by atoms with Crippen molar-refractivity contribution in [3.05, 3.63) is 46.3 Å². The van der Waals surface area contributed by atoms with E-state index in [9.17, 15) is 4.79 Å². The van der Waals surface area contributed by atoms with Crippen molar-refractivity contribution >= 4 is 5.91 Å². The molecule has 2 aromatic rings. The van der Waals surface area contributed by atoms with Crippen LogP contribution in [0.3, 0.4) is 0 Å². The molecule has 0 saturated heterocycles. The molecule has 0 atom stereocenters. The fourth-order valence-corrected chi connectivity index (χ4v) is 1.91. The SMILES string of the molecule is Cc1ccc(OCc2n[nH]c(C)c2C(=O)NN)cc1C. The maximum Gasteiger partial charge on any atom is 0.269 e. The van der Waals surface area contributed by atoms with Crippen LogP contribution in [0.5, 0.6) is 5.75 Å². The van der Waals surface area contributed by atoms with Crippen LogP contribution in [0, 0.1) is 20.8 Å². The van der Waals surface area contributed by atoms with Gasteiger partial charge in [0.05, 0.1) is 5.56 Å². The second kappa shape index (κ2) is 5.75. The van der Waals surface area contributed by atoms with Crippen LogP contribution in [0.2, 0.25) is 0 Å². The topological polar surface area (TPSA) is 93.0 Å². The number of aryl methyl sites for hydroxylation is 3. The summed E-state index contributed by atoms with van der Waals surface area (Å²) < 4.78 is 5.67. The zero-order chi connectivity index (χ0) is 14.7. The first-order valence-electron chi connectivity index (χ1n) is 6.27. The number of hydrazine groups is 1. The van der Waals surface area contributed by atoms with Crippen LogP contribution >= 0.6 is 0 Å². The summed E-state index contributed by atoms with van der Waals surface area (Å²) in [6.07, 6.45) is 0. The number of nitrogens with two attached hydrogens (primary N) is 1. The zero-order valence-electron chi connectivity index (χ0n) is 11.8. The van der Waals surface area contributed by atoms with Crippen molar-refractivity contribution in [2.45, 2.75) is 27.4 Å². The molecule has 1 aromatic carbocycles. The van der Waals surface area contributed by atoms with Gasteiger partial charge < -0.3 is 4.74 Å². The number of carbonyl (C=O) groups is 1. The average molecular weight is 274 g/mol. The quantitative estimate of drug-likeness (QED) is 0.447. The molecule has 0 radical (unpaired) electrons. The zero-order valence-corrected chi connectivity index (χ0v) is 11.8. The van der Waals surface area contributed by atoms with E-state index in [4.69, 9.17) is 10.6 Å². The fraction of sp³-hybridized carbons (Fsp3) is 0.286. The number of H-pyrrole nitrogens is 1. The largest absolute Gasteiger partial charge is 0.487 e. The second-order valence-electron chi connectivity index (χ2n) is 4.68. The van der Waals surface area contributed by atoms with Gasteiger partial charge in [-0.1, -0.05) is 6.07 Å². The fourth-order valence-electron chi connectivity index (χ4n) is 1.91. The molecule has 0 saturated carbocycles. The maximum absolute atomic E-state index is 11.7. The molecule has 6 nitrogen and oxygen atoms in total. The van der Waals surface area contributed by atoms with Crippen LogP contribution in [0.25, 0.3) is 0 Å². The Balaban J connectivity index is 2.15. The number of benzene rings is 1. The van der Waals surface area contributed by atoms with E-state index in [-0.39, 0.29) is 12.5 Å². The highest BCUT2D eigenvalue weighted by molar-refractivity contribution is 5.95. The minimum atomic E-state index is -0.380. The van der Waals surface area contributed by atoms with E-state index in [1.54, 1.807) is 6.92 Å². The summed E-state index contributed by atoms with van der Waals surface area (Å²) in [7, 11) is 0. The van der Waals surface area contributed by atoms with Gasteiger partial charge in [-0.05, 0) is 44.0 Å². The predicted molar refractivity (Wildman–Crippen MR) is 75.2 cm³/mol. The summed E-state index contributed by atoms with van der Waals surface area (Å²) in [5.74, 6) is 5.53. The minimum absolute atomic E-state index is 0.204. The highest BCUT2D eigenvalue weighted by Crippen LogP contribution is 2.19. The molecule has 0 fully saturated rings. The molecule has 4 N–H and O–H groups in total. The highest BCUT2D eigenvalue weighted by atomic mass is 16.5. The van der Waals surface area contributed by atoms with E-state index in [1.807, 2.05) is 32.0 Å². The van der Waals surface area contributed by atoms with Crippen molar-refractivity contribution in [1.82, 2.24) is 15.6 Å². The smallest absolute Gasteiger partial charge is 0.269 e. The highest BCUT2D eigenvalue weighted by Gasteiger charge is 2.17. The van der Waals surface area contributed by atoms with Gasteiger partial charge in [-0.25, -0.2) is 5.84 Å². The number of nitrogens with zero attached hydrogens (tertiary/aromatic N) is 1.